The number of aliphatic hydroxyl groups excluding tert-OH is 2. The van der Waals surface area contributed by atoms with Crippen LogP contribution in [0.1, 0.15) is 46.5 Å². The van der Waals surface area contributed by atoms with Crippen molar-refractivity contribution < 1.29 is 29.3 Å². The Morgan fingerprint density at radius 1 is 1.32 bits per heavy atom. The van der Waals surface area contributed by atoms with E-state index in [2.05, 4.69) is 0 Å². The van der Waals surface area contributed by atoms with Gasteiger partial charge in [-0.25, -0.2) is 4.39 Å². The van der Waals surface area contributed by atoms with Gasteiger partial charge in [0.25, 0.3) is 0 Å². The number of hydrogen-bond acceptors (Lipinski definition) is 5. The van der Waals surface area contributed by atoms with Crippen LogP contribution in [0.2, 0.25) is 0 Å². The lowest BCUT2D eigenvalue weighted by Crippen LogP contribution is -2.69. The molecular formula is C22H29FO5. The molecule has 4 aliphatic carbocycles. The highest BCUT2D eigenvalue weighted by Gasteiger charge is 2.75. The first-order valence-corrected chi connectivity index (χ1v) is 10.1. The minimum atomic E-state index is -1.98. The van der Waals surface area contributed by atoms with Gasteiger partial charge >= 0.3 is 0 Å². The first-order chi connectivity index (χ1) is 13.0. The number of allylic oxidation sites excluding steroid dienone is 4. The van der Waals surface area contributed by atoms with E-state index in [4.69, 9.17) is 0 Å². The predicted molar refractivity (Wildman–Crippen MR) is 99.9 cm³/mol. The maximum Gasteiger partial charge on any atom is 0.190 e. The minimum Gasteiger partial charge on any atom is -0.390 e. The van der Waals surface area contributed by atoms with Crippen LogP contribution in [-0.2, 0) is 9.59 Å². The molecule has 0 heterocycles. The Labute approximate surface area is 164 Å². The van der Waals surface area contributed by atoms with E-state index in [0.29, 0.717) is 24.8 Å². The Hall–Kier alpha value is -1.37. The number of carbonyl (C=O) groups is 2. The molecule has 0 saturated heterocycles. The number of carbonyl (C=O) groups excluding carboxylic acids is 2. The van der Waals surface area contributed by atoms with E-state index in [-0.39, 0.29) is 18.1 Å². The molecule has 0 aliphatic heterocycles. The van der Waals surface area contributed by atoms with E-state index in [0.717, 1.165) is 0 Å². The molecule has 0 aromatic rings. The number of aliphatic hydroxyl groups is 3. The third kappa shape index (κ3) is 2.01. The highest BCUT2D eigenvalue weighted by atomic mass is 19.1. The summed E-state index contributed by atoms with van der Waals surface area (Å²) in [5.41, 5.74) is -5.17. The van der Waals surface area contributed by atoms with E-state index in [1.165, 1.54) is 12.2 Å². The van der Waals surface area contributed by atoms with E-state index in [1.54, 1.807) is 26.8 Å². The van der Waals surface area contributed by atoms with E-state index in [1.807, 2.05) is 0 Å². The van der Waals surface area contributed by atoms with Gasteiger partial charge in [-0.15, -0.1) is 0 Å². The molecule has 3 fully saturated rings. The van der Waals surface area contributed by atoms with Gasteiger partial charge in [-0.3, -0.25) is 9.59 Å². The molecular weight excluding hydrogens is 363 g/mol. The molecule has 28 heavy (non-hydrogen) atoms. The van der Waals surface area contributed by atoms with Crippen molar-refractivity contribution in [1.29, 1.82) is 0 Å². The number of alkyl halides is 1. The molecule has 6 heteroatoms. The van der Waals surface area contributed by atoms with Crippen LogP contribution in [0.15, 0.2) is 23.8 Å². The molecule has 3 N–H and O–H groups in total. The minimum absolute atomic E-state index is 0.0676. The lowest BCUT2D eigenvalue weighted by atomic mass is 9.44. The Morgan fingerprint density at radius 3 is 2.64 bits per heavy atom. The second-order valence-corrected chi connectivity index (χ2v) is 9.75. The fourth-order valence-corrected chi connectivity index (χ4v) is 7.26. The molecule has 0 aromatic carbocycles. The Balaban J connectivity index is 1.84. The van der Waals surface area contributed by atoms with Gasteiger partial charge in [0.05, 0.1) is 6.10 Å². The summed E-state index contributed by atoms with van der Waals surface area (Å²) in [5, 5.41) is 32.0. The summed E-state index contributed by atoms with van der Waals surface area (Å²) in [6.07, 6.45) is 4.44. The van der Waals surface area contributed by atoms with Gasteiger partial charge in [0, 0.05) is 16.7 Å². The van der Waals surface area contributed by atoms with Crippen LogP contribution in [0.3, 0.4) is 0 Å². The van der Waals surface area contributed by atoms with Crippen molar-refractivity contribution in [3.05, 3.63) is 23.8 Å². The Kier molecular flexibility index (Phi) is 4.15. The first-order valence-electron chi connectivity index (χ1n) is 10.1. The first kappa shape index (κ1) is 19.9. The quantitative estimate of drug-likeness (QED) is 0.667. The molecule has 4 unspecified atom stereocenters. The highest BCUT2D eigenvalue weighted by molar-refractivity contribution is 6.01. The van der Waals surface area contributed by atoms with Gasteiger partial charge in [-0.1, -0.05) is 25.5 Å². The summed E-state index contributed by atoms with van der Waals surface area (Å²) in [6.45, 7) is 4.48. The largest absolute Gasteiger partial charge is 0.390 e. The molecule has 154 valence electrons. The van der Waals surface area contributed by atoms with Crippen molar-refractivity contribution in [2.24, 2.45) is 28.6 Å². The molecule has 4 rings (SSSR count). The number of hydrogen-bond donors (Lipinski definition) is 3. The second kappa shape index (κ2) is 5.83. The molecule has 8 atom stereocenters. The van der Waals surface area contributed by atoms with Crippen LogP contribution >= 0.6 is 0 Å². The highest BCUT2D eigenvalue weighted by Crippen LogP contribution is 2.70. The summed E-state index contributed by atoms with van der Waals surface area (Å²) in [7, 11) is 0. The van der Waals surface area contributed by atoms with Gasteiger partial charge in [0.2, 0.25) is 0 Å². The van der Waals surface area contributed by atoms with Crippen LogP contribution in [0.25, 0.3) is 0 Å². The van der Waals surface area contributed by atoms with Crippen molar-refractivity contribution in [2.75, 3.05) is 6.61 Å². The molecule has 0 aromatic heterocycles. The topological polar surface area (TPSA) is 94.8 Å². The normalized spacial score (nSPS) is 52.5. The van der Waals surface area contributed by atoms with E-state index in [9.17, 15) is 24.9 Å². The molecule has 5 nitrogen and oxygen atoms in total. The van der Waals surface area contributed by atoms with Gasteiger partial charge in [-0.05, 0) is 56.6 Å². The SMILES string of the molecule is CC1CC2C3CCC4=CC(=O)C=C[C@@]4(C)[C@]3(F)C(O)C[C@]2(C)[C@]1(O)C(=O)CO. The standard InChI is InChI=1S/C22H29FO5/c1-12-8-16-15-5-4-13-9-14(25)6-7-19(13,2)21(15,23)17(26)10-20(16,3)22(12,28)18(27)11-24/h6-7,9,12,15-17,24,26,28H,4-5,8,10-11H2,1-3H3/t12?,15?,16?,17?,19-,20+,21-,22-/m1/s1. The number of fused-ring (bicyclic) bond motifs is 5. The van der Waals surface area contributed by atoms with E-state index < -0.39 is 52.4 Å². The van der Waals surface area contributed by atoms with Gasteiger partial charge in [0.15, 0.2) is 17.2 Å². The third-order valence-corrected chi connectivity index (χ3v) is 8.79. The van der Waals surface area contributed by atoms with Crippen molar-refractivity contribution >= 4 is 11.6 Å². The zero-order valence-corrected chi connectivity index (χ0v) is 16.6. The zero-order valence-electron chi connectivity index (χ0n) is 16.6. The van der Waals surface area contributed by atoms with Gasteiger partial charge in [0.1, 0.15) is 12.2 Å². The fourth-order valence-electron chi connectivity index (χ4n) is 7.26. The van der Waals surface area contributed by atoms with Crippen LogP contribution < -0.4 is 0 Å². The molecule has 3 saturated carbocycles. The molecule has 4 aliphatic rings. The summed E-state index contributed by atoms with van der Waals surface area (Å²) < 4.78 is 16.9. The number of ketones is 2. The number of rotatable bonds is 2. The van der Waals surface area contributed by atoms with Crippen molar-refractivity contribution in [1.82, 2.24) is 0 Å². The average Bonchev–Trinajstić information content (AvgIpc) is 2.84. The lowest BCUT2D eigenvalue weighted by Gasteiger charge is -2.62. The fraction of sp³-hybridized carbons (Fsp3) is 0.727. The van der Waals surface area contributed by atoms with Crippen molar-refractivity contribution in [3.8, 4) is 0 Å². The summed E-state index contributed by atoms with van der Waals surface area (Å²) in [4.78, 5) is 24.4. The Bertz CT molecular complexity index is 805. The summed E-state index contributed by atoms with van der Waals surface area (Å²) in [5.74, 6) is -2.12. The maximum atomic E-state index is 16.9. The van der Waals surface area contributed by atoms with Gasteiger partial charge in [-0.2, -0.15) is 0 Å². The monoisotopic (exact) mass is 392 g/mol. The zero-order chi connectivity index (χ0) is 20.7. The summed E-state index contributed by atoms with van der Waals surface area (Å²) >= 11 is 0. The van der Waals surface area contributed by atoms with Crippen molar-refractivity contribution in [3.63, 3.8) is 0 Å². The molecule has 0 amide bonds. The van der Waals surface area contributed by atoms with E-state index >= 15 is 4.39 Å². The third-order valence-electron chi connectivity index (χ3n) is 8.79. The predicted octanol–water partition coefficient (Wildman–Crippen LogP) is 1.90. The van der Waals surface area contributed by atoms with Crippen LogP contribution in [0, 0.1) is 28.6 Å². The number of halogens is 1. The van der Waals surface area contributed by atoms with Crippen LogP contribution in [0.5, 0.6) is 0 Å². The molecule has 0 bridgehead atoms. The van der Waals surface area contributed by atoms with Crippen LogP contribution in [0.4, 0.5) is 4.39 Å². The summed E-state index contributed by atoms with van der Waals surface area (Å²) in [6, 6.07) is 0. The molecule has 0 spiro atoms. The maximum absolute atomic E-state index is 16.9. The second-order valence-electron chi connectivity index (χ2n) is 9.75. The van der Waals surface area contributed by atoms with Crippen LogP contribution in [-0.4, -0.2) is 50.9 Å². The average molecular weight is 392 g/mol. The lowest BCUT2D eigenvalue weighted by molar-refractivity contribution is -0.219. The molecule has 0 radical (unpaired) electrons. The van der Waals surface area contributed by atoms with Crippen molar-refractivity contribution in [2.45, 2.75) is 63.8 Å². The Morgan fingerprint density at radius 2 is 2.00 bits per heavy atom. The van der Waals surface area contributed by atoms with Gasteiger partial charge < -0.3 is 15.3 Å². The smallest absolute Gasteiger partial charge is 0.190 e. The number of Topliss-reactive ketones (excluding diaryl/α,β-unsaturated/α-hetero) is 1.